The van der Waals surface area contributed by atoms with Gasteiger partial charge < -0.3 is 9.67 Å². The Kier molecular flexibility index (Phi) is 3.33. The average molecular weight is 305 g/mol. The lowest BCUT2D eigenvalue weighted by molar-refractivity contribution is 0.475. The first kappa shape index (κ1) is 13.9. The third-order valence-electron chi connectivity index (χ3n) is 3.36. The highest BCUT2D eigenvalue weighted by Crippen LogP contribution is 2.34. The first-order valence-electron chi connectivity index (χ1n) is 6.63. The van der Waals surface area contributed by atoms with Gasteiger partial charge in [-0.15, -0.1) is 0 Å². The fourth-order valence-corrected chi connectivity index (χ4v) is 2.67. The Bertz CT molecular complexity index is 827. The first-order chi connectivity index (χ1) is 9.97. The monoisotopic (exact) mass is 304 g/mol. The van der Waals surface area contributed by atoms with Crippen LogP contribution >= 0.6 is 11.6 Å². The van der Waals surface area contributed by atoms with Crippen LogP contribution in [0.4, 0.5) is 4.39 Å². The molecule has 1 aromatic heterocycles. The van der Waals surface area contributed by atoms with E-state index in [9.17, 15) is 9.50 Å². The van der Waals surface area contributed by atoms with E-state index in [2.05, 4.69) is 4.98 Å². The lowest BCUT2D eigenvalue weighted by Gasteiger charge is -2.14. The Balaban J connectivity index is 2.36. The molecule has 0 fully saturated rings. The molecule has 0 radical (unpaired) electrons. The normalized spacial score (nSPS) is 11.5. The zero-order valence-electron chi connectivity index (χ0n) is 11.6. The molecule has 0 aliphatic heterocycles. The van der Waals surface area contributed by atoms with E-state index in [0.29, 0.717) is 27.4 Å². The van der Waals surface area contributed by atoms with Crippen LogP contribution in [0.25, 0.3) is 22.4 Å². The summed E-state index contributed by atoms with van der Waals surface area (Å²) in [6.45, 7) is 3.98. The number of hydrogen-bond donors (Lipinski definition) is 1. The van der Waals surface area contributed by atoms with Gasteiger partial charge in [0.25, 0.3) is 0 Å². The summed E-state index contributed by atoms with van der Waals surface area (Å²) in [5, 5.41) is 10.2. The third-order valence-corrected chi connectivity index (χ3v) is 3.69. The van der Waals surface area contributed by atoms with Crippen molar-refractivity contribution in [1.29, 1.82) is 0 Å². The summed E-state index contributed by atoms with van der Waals surface area (Å²) in [6.07, 6.45) is 0. The number of hydrogen-bond acceptors (Lipinski definition) is 2. The van der Waals surface area contributed by atoms with Crippen molar-refractivity contribution in [2.45, 2.75) is 19.9 Å². The number of rotatable bonds is 2. The number of halogens is 2. The molecule has 0 spiro atoms. The summed E-state index contributed by atoms with van der Waals surface area (Å²) in [5.74, 6) is 0.423. The van der Waals surface area contributed by atoms with Crippen LogP contribution < -0.4 is 0 Å². The Morgan fingerprint density at radius 2 is 1.95 bits per heavy atom. The molecule has 0 amide bonds. The van der Waals surface area contributed by atoms with E-state index in [-0.39, 0.29) is 17.6 Å². The van der Waals surface area contributed by atoms with Gasteiger partial charge in [-0.1, -0.05) is 11.6 Å². The number of imidazole rings is 1. The average Bonchev–Trinajstić information content (AvgIpc) is 2.79. The molecular weight excluding hydrogens is 291 g/mol. The molecule has 3 rings (SSSR count). The number of fused-ring (bicyclic) bond motifs is 1. The fraction of sp³-hybridized carbons (Fsp3) is 0.188. The van der Waals surface area contributed by atoms with Crippen LogP contribution in [0.1, 0.15) is 19.9 Å². The minimum absolute atomic E-state index is 0.0743. The Morgan fingerprint density at radius 1 is 1.19 bits per heavy atom. The van der Waals surface area contributed by atoms with Gasteiger partial charge in [0.1, 0.15) is 17.4 Å². The molecule has 108 valence electrons. The van der Waals surface area contributed by atoms with E-state index in [4.69, 9.17) is 11.6 Å². The highest BCUT2D eigenvalue weighted by atomic mass is 35.5. The lowest BCUT2D eigenvalue weighted by atomic mass is 10.2. The van der Waals surface area contributed by atoms with Crippen LogP contribution in [-0.4, -0.2) is 14.7 Å². The van der Waals surface area contributed by atoms with Gasteiger partial charge in [0, 0.05) is 11.6 Å². The van der Waals surface area contributed by atoms with Gasteiger partial charge in [0.2, 0.25) is 0 Å². The number of aromatic hydroxyl groups is 1. The molecule has 3 nitrogen and oxygen atoms in total. The van der Waals surface area contributed by atoms with Crippen molar-refractivity contribution in [3.05, 3.63) is 47.2 Å². The quantitative estimate of drug-likeness (QED) is 0.739. The van der Waals surface area contributed by atoms with Crippen molar-refractivity contribution >= 4 is 22.6 Å². The van der Waals surface area contributed by atoms with Crippen molar-refractivity contribution in [2.75, 3.05) is 0 Å². The summed E-state index contributed by atoms with van der Waals surface area (Å²) in [6, 6.07) is 9.27. The topological polar surface area (TPSA) is 38.0 Å². The second-order valence-electron chi connectivity index (χ2n) is 5.20. The van der Waals surface area contributed by atoms with Crippen molar-refractivity contribution in [2.24, 2.45) is 0 Å². The molecular formula is C16H14ClFN2O. The van der Waals surface area contributed by atoms with E-state index in [1.54, 1.807) is 18.2 Å². The molecule has 0 aliphatic rings. The summed E-state index contributed by atoms with van der Waals surface area (Å²) >= 11 is 6.23. The molecule has 21 heavy (non-hydrogen) atoms. The van der Waals surface area contributed by atoms with Crippen molar-refractivity contribution < 1.29 is 9.50 Å². The number of phenolic OH excluding ortho intramolecular Hbond substituents is 1. The van der Waals surface area contributed by atoms with Crippen LogP contribution in [0.3, 0.4) is 0 Å². The van der Waals surface area contributed by atoms with Gasteiger partial charge in [0.05, 0.1) is 16.1 Å². The predicted molar refractivity (Wildman–Crippen MR) is 82.2 cm³/mol. The Hall–Kier alpha value is -2.07. The summed E-state index contributed by atoms with van der Waals surface area (Å²) in [5.41, 5.74) is 2.03. The second-order valence-corrected chi connectivity index (χ2v) is 5.60. The zero-order valence-corrected chi connectivity index (χ0v) is 12.4. The van der Waals surface area contributed by atoms with Crippen LogP contribution in [0.15, 0.2) is 36.4 Å². The summed E-state index contributed by atoms with van der Waals surface area (Å²) < 4.78 is 15.4. The van der Waals surface area contributed by atoms with E-state index in [1.165, 1.54) is 18.2 Å². The van der Waals surface area contributed by atoms with Gasteiger partial charge in [-0.25, -0.2) is 9.37 Å². The standard InChI is InChI=1S/C16H14ClFN2O/c1-9(2)20-15-7-10(18)3-6-14(15)19-16(20)12-8-11(21)4-5-13(12)17/h3-9,21H,1-2H3. The smallest absolute Gasteiger partial charge is 0.143 e. The van der Waals surface area contributed by atoms with Crippen LogP contribution in [0.2, 0.25) is 5.02 Å². The van der Waals surface area contributed by atoms with Gasteiger partial charge in [-0.05, 0) is 50.2 Å². The number of nitrogens with zero attached hydrogens (tertiary/aromatic N) is 2. The van der Waals surface area contributed by atoms with Gasteiger partial charge >= 0.3 is 0 Å². The SMILES string of the molecule is CC(C)n1c(-c2cc(O)ccc2Cl)nc2ccc(F)cc21. The molecule has 3 aromatic rings. The fourth-order valence-electron chi connectivity index (χ4n) is 2.46. The minimum Gasteiger partial charge on any atom is -0.508 e. The van der Waals surface area contributed by atoms with E-state index in [1.807, 2.05) is 18.4 Å². The molecule has 0 bridgehead atoms. The van der Waals surface area contributed by atoms with E-state index < -0.39 is 0 Å². The molecule has 2 aromatic carbocycles. The predicted octanol–water partition coefficient (Wildman–Crippen LogP) is 4.78. The second kappa shape index (κ2) is 5.04. The van der Waals surface area contributed by atoms with Crippen LogP contribution in [-0.2, 0) is 0 Å². The van der Waals surface area contributed by atoms with Crippen molar-refractivity contribution in [3.63, 3.8) is 0 Å². The van der Waals surface area contributed by atoms with Gasteiger partial charge in [0.15, 0.2) is 0 Å². The Morgan fingerprint density at radius 3 is 2.67 bits per heavy atom. The number of benzene rings is 2. The molecule has 5 heteroatoms. The van der Waals surface area contributed by atoms with Crippen LogP contribution in [0.5, 0.6) is 5.75 Å². The van der Waals surface area contributed by atoms with E-state index >= 15 is 0 Å². The summed E-state index contributed by atoms with van der Waals surface area (Å²) in [7, 11) is 0. The molecule has 0 unspecified atom stereocenters. The molecule has 0 saturated carbocycles. The highest BCUT2D eigenvalue weighted by molar-refractivity contribution is 6.33. The summed E-state index contributed by atoms with van der Waals surface area (Å²) in [4.78, 5) is 4.55. The molecule has 0 atom stereocenters. The largest absolute Gasteiger partial charge is 0.508 e. The van der Waals surface area contributed by atoms with Crippen molar-refractivity contribution in [1.82, 2.24) is 9.55 Å². The van der Waals surface area contributed by atoms with Crippen LogP contribution in [0, 0.1) is 5.82 Å². The third kappa shape index (κ3) is 2.36. The minimum atomic E-state index is -0.308. The van der Waals surface area contributed by atoms with Gasteiger partial charge in [-0.2, -0.15) is 0 Å². The maximum Gasteiger partial charge on any atom is 0.143 e. The maximum absolute atomic E-state index is 13.5. The number of aromatic nitrogens is 2. The number of phenols is 1. The molecule has 1 heterocycles. The lowest BCUT2D eigenvalue weighted by Crippen LogP contribution is -2.03. The van der Waals surface area contributed by atoms with Gasteiger partial charge in [-0.3, -0.25) is 0 Å². The maximum atomic E-state index is 13.5. The first-order valence-corrected chi connectivity index (χ1v) is 7.01. The van der Waals surface area contributed by atoms with Crippen molar-refractivity contribution in [3.8, 4) is 17.1 Å². The zero-order chi connectivity index (χ0) is 15.1. The van der Waals surface area contributed by atoms with E-state index in [0.717, 1.165) is 0 Å². The highest BCUT2D eigenvalue weighted by Gasteiger charge is 2.18. The molecule has 0 saturated heterocycles. The molecule has 0 aliphatic carbocycles. The molecule has 1 N–H and O–H groups in total. The Labute approximate surface area is 126 Å².